The first-order valence-corrected chi connectivity index (χ1v) is 31.6. The van der Waals surface area contributed by atoms with Crippen molar-refractivity contribution < 1.29 is 76.3 Å². The molecule has 0 unspecified atom stereocenters. The molecule has 91 heavy (non-hydrogen) atoms. The smallest absolute Gasteiger partial charge is 0.407 e. The van der Waals surface area contributed by atoms with Gasteiger partial charge >= 0.3 is 12.2 Å². The summed E-state index contributed by atoms with van der Waals surface area (Å²) in [4.78, 5) is 78.9. The molecule has 21 nitrogen and oxygen atoms in total. The lowest BCUT2D eigenvalue weighted by atomic mass is 10.0. The highest BCUT2D eigenvalue weighted by atomic mass is 127. The lowest BCUT2D eigenvalue weighted by Crippen LogP contribution is -3.00. The van der Waals surface area contributed by atoms with Crippen molar-refractivity contribution in [3.05, 3.63) is 175 Å². The summed E-state index contributed by atoms with van der Waals surface area (Å²) < 4.78 is 27.7. The number of Topliss-reactive ketones (excluding diaryl/α,β-unsaturated/α-hetero) is 3. The maximum Gasteiger partial charge on any atom is 0.407 e. The number of ether oxygens (including phenoxy) is 4. The third kappa shape index (κ3) is 20.0. The van der Waals surface area contributed by atoms with Crippen molar-refractivity contribution in [2.24, 2.45) is 0 Å². The largest absolute Gasteiger partial charge is 1.00 e. The molecule has 1 aliphatic rings. The van der Waals surface area contributed by atoms with Gasteiger partial charge in [-0.25, -0.2) is 9.59 Å². The molecule has 0 bridgehead atoms. The number of hydrogen-bond donors (Lipinski definition) is 3. The minimum Gasteiger partial charge on any atom is -1.00 e. The van der Waals surface area contributed by atoms with Gasteiger partial charge in [0.15, 0.2) is 36.7 Å². The van der Waals surface area contributed by atoms with Crippen LogP contribution in [0.2, 0.25) is 20.1 Å². The van der Waals surface area contributed by atoms with Crippen LogP contribution in [0.4, 0.5) is 15.3 Å². The Balaban J connectivity index is 0.0000118. The Morgan fingerprint density at radius 1 is 0.637 bits per heavy atom. The van der Waals surface area contributed by atoms with Gasteiger partial charge in [0.2, 0.25) is 5.52 Å². The highest BCUT2D eigenvalue weighted by Gasteiger charge is 2.26. The first-order valence-electron chi connectivity index (χ1n) is 29.2. The van der Waals surface area contributed by atoms with E-state index in [0.29, 0.717) is 100 Å². The number of aromatic nitrogens is 7. The number of ketones is 3. The van der Waals surface area contributed by atoms with Gasteiger partial charge in [-0.2, -0.15) is 4.57 Å². The second-order valence-corrected chi connectivity index (χ2v) is 23.2. The fourth-order valence-electron chi connectivity index (χ4n) is 9.25. The van der Waals surface area contributed by atoms with Gasteiger partial charge < -0.3 is 63.8 Å². The molecule has 480 valence electrons. The van der Waals surface area contributed by atoms with Crippen LogP contribution in [0.15, 0.2) is 132 Å². The summed E-state index contributed by atoms with van der Waals surface area (Å²) in [5.74, 6) is -0.709. The number of hydrogen-bond acceptors (Lipinski definition) is 16. The first kappa shape index (κ1) is 70.9. The van der Waals surface area contributed by atoms with Gasteiger partial charge in [-0.3, -0.25) is 28.5 Å². The maximum absolute atomic E-state index is 12.8. The summed E-state index contributed by atoms with van der Waals surface area (Å²) in [5.41, 5.74) is 5.47. The highest BCUT2D eigenvalue weighted by molar-refractivity contribution is 8.03. The van der Waals surface area contributed by atoms with Crippen LogP contribution < -0.4 is 58.9 Å². The molecule has 3 amide bonds. The van der Waals surface area contributed by atoms with Crippen molar-refractivity contribution in [2.75, 3.05) is 44.4 Å². The van der Waals surface area contributed by atoms with E-state index in [4.69, 9.17) is 65.4 Å². The molecular formula is C64H68Cl4IN11O10S. The molecule has 0 fully saturated rings. The molecule has 27 heteroatoms. The average Bonchev–Trinajstić information content (AvgIpc) is 1.89. The van der Waals surface area contributed by atoms with Gasteiger partial charge in [0.05, 0.1) is 64.8 Å². The van der Waals surface area contributed by atoms with Crippen molar-refractivity contribution in [1.82, 2.24) is 45.9 Å². The van der Waals surface area contributed by atoms with E-state index in [1.807, 2.05) is 44.3 Å². The Hall–Kier alpha value is -7.55. The Morgan fingerprint density at radius 3 is 1.84 bits per heavy atom. The Labute approximate surface area is 568 Å². The molecule has 0 saturated heterocycles. The van der Waals surface area contributed by atoms with E-state index in [9.17, 15) is 28.8 Å². The number of amides is 3. The zero-order valence-corrected chi connectivity index (χ0v) is 56.1. The predicted molar refractivity (Wildman–Crippen MR) is 345 cm³/mol. The molecule has 3 N–H and O–H groups in total. The second-order valence-electron chi connectivity index (χ2n) is 20.6. The maximum atomic E-state index is 12.8. The first-order chi connectivity index (χ1) is 43.5. The summed E-state index contributed by atoms with van der Waals surface area (Å²) in [7, 11) is 0. The lowest BCUT2D eigenvalue weighted by molar-refractivity contribution is -0.672. The number of carbonyl (C=O) groups is 6. The van der Waals surface area contributed by atoms with Gasteiger partial charge in [-0.15, -0.1) is 10.2 Å². The molecule has 0 aliphatic carbocycles. The van der Waals surface area contributed by atoms with Crippen LogP contribution in [0, 0.1) is 0 Å². The number of pyridine rings is 1. The Bertz CT molecular complexity index is 3830. The van der Waals surface area contributed by atoms with Crippen molar-refractivity contribution in [3.8, 4) is 11.5 Å². The molecule has 4 aromatic carbocycles. The number of aryl methyl sites for hydroxylation is 3. The summed E-state index contributed by atoms with van der Waals surface area (Å²) in [6.45, 7) is 13.8. The van der Waals surface area contributed by atoms with Crippen LogP contribution in [0.3, 0.4) is 0 Å². The molecular weight excluding hydrogens is 1380 g/mol. The number of rotatable bonds is 34. The number of nitrogens with one attached hydrogen (secondary N) is 3. The van der Waals surface area contributed by atoms with Gasteiger partial charge in [-0.1, -0.05) is 120 Å². The van der Waals surface area contributed by atoms with Gasteiger partial charge in [-0.05, 0) is 104 Å². The van der Waals surface area contributed by atoms with Crippen LogP contribution in [-0.4, -0.2) is 105 Å². The number of fused-ring (bicyclic) bond motifs is 2. The molecule has 8 rings (SSSR count). The monoisotopic (exact) mass is 1450 g/mol. The van der Waals surface area contributed by atoms with E-state index in [0.717, 1.165) is 32.1 Å². The summed E-state index contributed by atoms with van der Waals surface area (Å²) in [6, 6.07) is 24.5. The highest BCUT2D eigenvalue weighted by Crippen LogP contribution is 2.47. The summed E-state index contributed by atoms with van der Waals surface area (Å²) in [5, 5.41) is 27.1. The van der Waals surface area contributed by atoms with Crippen LogP contribution in [-0.2, 0) is 51.8 Å². The number of halogens is 5. The second kappa shape index (κ2) is 35.3. The molecule has 4 heterocycles. The normalized spacial score (nSPS) is 12.0. The van der Waals surface area contributed by atoms with Crippen LogP contribution >= 0.6 is 58.2 Å². The third-order valence-corrected chi connectivity index (χ3v) is 17.1. The van der Waals surface area contributed by atoms with Crippen molar-refractivity contribution in [2.45, 2.75) is 103 Å². The number of unbranched alkanes of at least 4 members (excludes halogenated alkanes) is 1. The van der Waals surface area contributed by atoms with Crippen molar-refractivity contribution in [3.63, 3.8) is 0 Å². The number of allylic oxidation sites excluding steroid dienone is 2. The number of benzene rings is 4. The van der Waals surface area contributed by atoms with Crippen molar-refractivity contribution in [1.29, 1.82) is 0 Å². The molecule has 1 aliphatic heterocycles. The molecule has 0 saturated carbocycles. The number of carbonyl (C=O) groups excluding carboxylic acids is 6. The predicted octanol–water partition coefficient (Wildman–Crippen LogP) is 9.17. The van der Waals surface area contributed by atoms with Gasteiger partial charge in [0.25, 0.3) is 5.91 Å². The summed E-state index contributed by atoms with van der Waals surface area (Å²) in [6.07, 6.45) is 10.6. The van der Waals surface area contributed by atoms with E-state index < -0.39 is 12.2 Å². The molecule has 7 aromatic rings. The zero-order valence-electron chi connectivity index (χ0n) is 50.1. The topological polar surface area (TPSA) is 244 Å². The number of para-hydroxylation sites is 2. The fourth-order valence-corrected chi connectivity index (χ4v) is 11.3. The van der Waals surface area contributed by atoms with Crippen LogP contribution in [0.25, 0.3) is 17.0 Å². The van der Waals surface area contributed by atoms with E-state index in [2.05, 4.69) is 95.6 Å². The molecule has 0 spiro atoms. The number of anilines is 1. The standard InChI is InChI=1S/C64H67Cl4N11O10S.HI/c1-5-41(3)61(82)48-21-23-52(59(67)57(48)65)88-39-46(80)16-11-12-28-77-37-44(72-74-77)35-71-64(85)87-33-15-30-79-51-19-9-10-20-54(51)90-56(79)34-43-25-31-76(50-18-8-7-17-47(43)50)27-14-32-86-63(84)70-36-45-38-78(75-73-45)29-13-26-69-55(81)40-89-53-24-22-49(58(66)60(53)68)62(83)42(4)6-2;/h7-10,17-25,31,34,37-38H,3-6,11-16,26-30,32-33,35-36,39-40H2,1-2H3,(H2-,69,70,71,81,84,85);1H. The number of thioether (sulfide) groups is 1. The summed E-state index contributed by atoms with van der Waals surface area (Å²) >= 11 is 27.0. The number of alkyl carbamates (subject to hydrolysis) is 2. The minimum atomic E-state index is -0.578. The Morgan fingerprint density at radius 2 is 1.21 bits per heavy atom. The quantitative estimate of drug-likeness (QED) is 0.0112. The molecule has 0 atom stereocenters. The lowest BCUT2D eigenvalue weighted by Gasteiger charge is -2.20. The van der Waals surface area contributed by atoms with Crippen molar-refractivity contribution >= 4 is 116 Å². The third-order valence-electron chi connectivity index (χ3n) is 14.2. The van der Waals surface area contributed by atoms with E-state index in [1.54, 1.807) is 33.5 Å². The zero-order chi connectivity index (χ0) is 64.1. The van der Waals surface area contributed by atoms with E-state index in [-0.39, 0.29) is 136 Å². The average molecular weight is 1450 g/mol. The number of nitrogens with zero attached hydrogens (tertiary/aromatic N) is 8. The van der Waals surface area contributed by atoms with Gasteiger partial charge in [0, 0.05) is 67.2 Å². The van der Waals surface area contributed by atoms with Crippen LogP contribution in [0.5, 0.6) is 11.5 Å². The SMILES string of the molecule is C=C(CC)C(=O)c1ccc(OCC(=O)CCCCn2cc(CNC(=O)OCCCN3C(=Cc4cc[n+](CCCOC(=O)NCc5cn(CCCNC(=O)COc6ccc(C(=O)C(=C)CC)c(Cl)c6Cl)nn5)c5ccccc45)Sc4ccccc43)nn2)c(Cl)c1Cl.[I-]. The molecule has 3 aromatic heterocycles. The fraction of sp³-hybridized carbons (Fsp3) is 0.328. The van der Waals surface area contributed by atoms with E-state index in [1.165, 1.54) is 24.3 Å². The van der Waals surface area contributed by atoms with E-state index >= 15 is 0 Å². The van der Waals surface area contributed by atoms with Crippen LogP contribution in [0.1, 0.15) is 103 Å². The Kier molecular flexibility index (Phi) is 27.5. The minimum absolute atomic E-state index is 0. The van der Waals surface area contributed by atoms with Gasteiger partial charge in [0.1, 0.15) is 39.5 Å². The molecule has 0 radical (unpaired) electrons.